The summed E-state index contributed by atoms with van der Waals surface area (Å²) in [5, 5.41) is 3.89. The van der Waals surface area contributed by atoms with Crippen molar-refractivity contribution in [1.29, 1.82) is 0 Å². The Morgan fingerprint density at radius 2 is 2.06 bits per heavy atom. The SMILES string of the molecule is CCCc1ccc(OCc2nnsc2Cl)cc1. The van der Waals surface area contributed by atoms with Gasteiger partial charge in [-0.3, -0.25) is 0 Å². The van der Waals surface area contributed by atoms with Gasteiger partial charge in [-0.25, -0.2) is 0 Å². The molecule has 0 bridgehead atoms. The molecule has 90 valence electrons. The lowest BCUT2D eigenvalue weighted by Gasteiger charge is -2.05. The Kier molecular flexibility index (Phi) is 4.34. The molecule has 0 spiro atoms. The smallest absolute Gasteiger partial charge is 0.141 e. The van der Waals surface area contributed by atoms with E-state index in [4.69, 9.17) is 16.3 Å². The van der Waals surface area contributed by atoms with E-state index in [9.17, 15) is 0 Å². The molecule has 0 saturated heterocycles. The summed E-state index contributed by atoms with van der Waals surface area (Å²) in [7, 11) is 0. The first kappa shape index (κ1) is 12.3. The molecule has 0 saturated carbocycles. The van der Waals surface area contributed by atoms with Crippen molar-refractivity contribution in [1.82, 2.24) is 9.59 Å². The second kappa shape index (κ2) is 5.98. The summed E-state index contributed by atoms with van der Waals surface area (Å²) in [5.74, 6) is 0.828. The van der Waals surface area contributed by atoms with Crippen molar-refractivity contribution in [2.45, 2.75) is 26.4 Å². The van der Waals surface area contributed by atoms with E-state index in [2.05, 4.69) is 28.6 Å². The number of aryl methyl sites for hydroxylation is 1. The second-order valence-corrected chi connectivity index (χ2v) is 5.03. The summed E-state index contributed by atoms with van der Waals surface area (Å²) in [6, 6.07) is 8.11. The van der Waals surface area contributed by atoms with Crippen LogP contribution in [0.15, 0.2) is 24.3 Å². The van der Waals surface area contributed by atoms with E-state index in [-0.39, 0.29) is 0 Å². The van der Waals surface area contributed by atoms with Crippen LogP contribution in [0.2, 0.25) is 4.34 Å². The van der Waals surface area contributed by atoms with Crippen molar-refractivity contribution in [3.8, 4) is 5.75 Å². The zero-order valence-corrected chi connectivity index (χ0v) is 11.1. The van der Waals surface area contributed by atoms with Crippen LogP contribution in [0, 0.1) is 0 Å². The van der Waals surface area contributed by atoms with E-state index < -0.39 is 0 Å². The highest BCUT2D eigenvalue weighted by atomic mass is 35.5. The standard InChI is InChI=1S/C12H13ClN2OS/c1-2-3-9-4-6-10(7-5-9)16-8-11-12(13)17-15-14-11/h4-7H,2-3,8H2,1H3. The molecule has 1 aromatic carbocycles. The molecule has 0 aliphatic rings. The molecule has 0 N–H and O–H groups in total. The zero-order chi connectivity index (χ0) is 12.1. The van der Waals surface area contributed by atoms with Gasteiger partial charge in [0.2, 0.25) is 0 Å². The lowest BCUT2D eigenvalue weighted by Crippen LogP contribution is -1.96. The monoisotopic (exact) mass is 268 g/mol. The molecule has 0 amide bonds. The summed E-state index contributed by atoms with van der Waals surface area (Å²) >= 11 is 7.06. The van der Waals surface area contributed by atoms with Crippen LogP contribution in [0.3, 0.4) is 0 Å². The number of ether oxygens (including phenoxy) is 1. The molecule has 0 fully saturated rings. The zero-order valence-electron chi connectivity index (χ0n) is 9.52. The fourth-order valence-electron chi connectivity index (χ4n) is 1.48. The highest BCUT2D eigenvalue weighted by Crippen LogP contribution is 2.20. The predicted molar refractivity (Wildman–Crippen MR) is 69.7 cm³/mol. The van der Waals surface area contributed by atoms with Crippen LogP contribution >= 0.6 is 23.1 Å². The van der Waals surface area contributed by atoms with Gasteiger partial charge in [0.1, 0.15) is 22.4 Å². The van der Waals surface area contributed by atoms with Crippen LogP contribution in [0.4, 0.5) is 0 Å². The Hall–Kier alpha value is -1.13. The molecule has 1 heterocycles. The fourth-order valence-corrected chi connectivity index (χ4v) is 2.08. The van der Waals surface area contributed by atoms with Crippen molar-refractivity contribution in [2.75, 3.05) is 0 Å². The molecule has 2 aromatic rings. The first-order valence-corrected chi connectivity index (χ1v) is 6.63. The van der Waals surface area contributed by atoms with E-state index in [0.29, 0.717) is 16.6 Å². The van der Waals surface area contributed by atoms with E-state index in [1.807, 2.05) is 12.1 Å². The third-order valence-corrected chi connectivity index (χ3v) is 3.33. The minimum Gasteiger partial charge on any atom is -0.487 e. The van der Waals surface area contributed by atoms with Gasteiger partial charge in [0.25, 0.3) is 0 Å². The Morgan fingerprint density at radius 1 is 1.29 bits per heavy atom. The first-order valence-electron chi connectivity index (χ1n) is 5.48. The number of benzene rings is 1. The van der Waals surface area contributed by atoms with Crippen LogP contribution in [0.25, 0.3) is 0 Å². The van der Waals surface area contributed by atoms with Crippen LogP contribution in [-0.4, -0.2) is 9.59 Å². The van der Waals surface area contributed by atoms with Gasteiger partial charge in [-0.1, -0.05) is 41.6 Å². The molecule has 17 heavy (non-hydrogen) atoms. The Bertz CT molecular complexity index is 470. The third-order valence-electron chi connectivity index (χ3n) is 2.35. The summed E-state index contributed by atoms with van der Waals surface area (Å²) in [6.07, 6.45) is 2.25. The van der Waals surface area contributed by atoms with Crippen LogP contribution in [0.1, 0.15) is 24.6 Å². The van der Waals surface area contributed by atoms with Gasteiger partial charge in [-0.05, 0) is 24.1 Å². The molecular weight excluding hydrogens is 256 g/mol. The van der Waals surface area contributed by atoms with E-state index in [1.165, 1.54) is 17.1 Å². The maximum Gasteiger partial charge on any atom is 0.141 e. The molecule has 2 rings (SSSR count). The van der Waals surface area contributed by atoms with Gasteiger partial charge in [0.05, 0.1) is 0 Å². The maximum absolute atomic E-state index is 5.89. The first-order chi connectivity index (χ1) is 8.29. The highest BCUT2D eigenvalue weighted by molar-refractivity contribution is 7.10. The average Bonchev–Trinajstić information content (AvgIpc) is 2.75. The van der Waals surface area contributed by atoms with E-state index >= 15 is 0 Å². The number of hydrogen-bond donors (Lipinski definition) is 0. The fraction of sp³-hybridized carbons (Fsp3) is 0.333. The molecule has 5 heteroatoms. The van der Waals surface area contributed by atoms with Crippen LogP contribution < -0.4 is 4.74 Å². The van der Waals surface area contributed by atoms with E-state index in [1.54, 1.807) is 0 Å². The van der Waals surface area contributed by atoms with E-state index in [0.717, 1.165) is 18.6 Å². The predicted octanol–water partition coefficient (Wildman–Crippen LogP) is 3.72. The van der Waals surface area contributed by atoms with Crippen molar-refractivity contribution in [3.05, 3.63) is 39.9 Å². The van der Waals surface area contributed by atoms with Crippen molar-refractivity contribution in [2.24, 2.45) is 0 Å². The molecule has 0 atom stereocenters. The number of aromatic nitrogens is 2. The van der Waals surface area contributed by atoms with Gasteiger partial charge in [-0.15, -0.1) is 5.10 Å². The summed E-state index contributed by atoms with van der Waals surface area (Å²) in [6.45, 7) is 2.53. The van der Waals surface area contributed by atoms with Crippen LogP contribution in [-0.2, 0) is 13.0 Å². The minimum atomic E-state index is 0.364. The molecular formula is C12H13ClN2OS. The Morgan fingerprint density at radius 3 is 2.65 bits per heavy atom. The Labute approximate surface area is 110 Å². The van der Waals surface area contributed by atoms with Crippen molar-refractivity contribution < 1.29 is 4.74 Å². The number of nitrogens with zero attached hydrogens (tertiary/aromatic N) is 2. The normalized spacial score (nSPS) is 10.5. The van der Waals surface area contributed by atoms with Crippen molar-refractivity contribution in [3.63, 3.8) is 0 Å². The molecule has 0 aliphatic carbocycles. The lowest BCUT2D eigenvalue weighted by molar-refractivity contribution is 0.301. The van der Waals surface area contributed by atoms with Gasteiger partial charge >= 0.3 is 0 Å². The van der Waals surface area contributed by atoms with Crippen LogP contribution in [0.5, 0.6) is 5.75 Å². The number of rotatable bonds is 5. The van der Waals surface area contributed by atoms with Crippen molar-refractivity contribution >= 4 is 23.1 Å². The maximum atomic E-state index is 5.89. The molecule has 1 aromatic heterocycles. The number of hydrogen-bond acceptors (Lipinski definition) is 4. The second-order valence-electron chi connectivity index (χ2n) is 3.68. The molecule has 0 unspecified atom stereocenters. The third kappa shape index (κ3) is 3.41. The molecule has 3 nitrogen and oxygen atoms in total. The van der Waals surface area contributed by atoms with Gasteiger partial charge in [-0.2, -0.15) is 0 Å². The minimum absolute atomic E-state index is 0.364. The molecule has 0 radical (unpaired) electrons. The largest absolute Gasteiger partial charge is 0.487 e. The Balaban J connectivity index is 1.93. The number of halogens is 1. The summed E-state index contributed by atoms with van der Waals surface area (Å²) in [4.78, 5) is 0. The highest BCUT2D eigenvalue weighted by Gasteiger charge is 2.05. The van der Waals surface area contributed by atoms with Gasteiger partial charge in [0.15, 0.2) is 0 Å². The quantitative estimate of drug-likeness (QED) is 0.829. The average molecular weight is 269 g/mol. The molecule has 0 aliphatic heterocycles. The lowest BCUT2D eigenvalue weighted by atomic mass is 10.1. The topological polar surface area (TPSA) is 35.0 Å². The van der Waals surface area contributed by atoms with Gasteiger partial charge < -0.3 is 4.74 Å². The summed E-state index contributed by atoms with van der Waals surface area (Å²) in [5.41, 5.74) is 2.02. The summed E-state index contributed by atoms with van der Waals surface area (Å²) < 4.78 is 9.93. The van der Waals surface area contributed by atoms with Gasteiger partial charge in [0, 0.05) is 11.5 Å².